The number of nitrogens with one attached hydrogen (secondary N) is 2. The number of ether oxygens (including phenoxy) is 2. The summed E-state index contributed by atoms with van der Waals surface area (Å²) in [4.78, 5) is 22.9. The van der Waals surface area contributed by atoms with E-state index in [1.54, 1.807) is 18.2 Å². The molecule has 0 saturated carbocycles. The summed E-state index contributed by atoms with van der Waals surface area (Å²) in [5, 5.41) is 4.87. The number of hydrogen-bond donors (Lipinski definition) is 2. The Kier molecular flexibility index (Phi) is 4.02. The Labute approximate surface area is 110 Å². The number of anilines is 1. The van der Waals surface area contributed by atoms with Crippen molar-refractivity contribution in [1.29, 1.82) is 0 Å². The van der Waals surface area contributed by atoms with Crippen LogP contribution in [0.4, 0.5) is 5.69 Å². The second-order valence-electron chi connectivity index (χ2n) is 3.81. The molecule has 0 aliphatic carbocycles. The van der Waals surface area contributed by atoms with Crippen LogP contribution in [-0.4, -0.2) is 31.6 Å². The van der Waals surface area contributed by atoms with E-state index in [9.17, 15) is 9.59 Å². The monoisotopic (exact) mass is 262 g/mol. The largest absolute Gasteiger partial charge is 0.486 e. The average molecular weight is 262 g/mol. The van der Waals surface area contributed by atoms with Gasteiger partial charge in [0.25, 0.3) is 0 Å². The number of amides is 2. The Morgan fingerprint density at radius 2 is 1.95 bits per heavy atom. The van der Waals surface area contributed by atoms with E-state index in [0.717, 1.165) is 0 Å². The van der Waals surface area contributed by atoms with Crippen molar-refractivity contribution in [1.82, 2.24) is 5.32 Å². The van der Waals surface area contributed by atoms with Gasteiger partial charge in [-0.1, -0.05) is 6.08 Å². The summed E-state index contributed by atoms with van der Waals surface area (Å²) in [5.41, 5.74) is 0.475. The first-order chi connectivity index (χ1) is 9.20. The van der Waals surface area contributed by atoms with Crippen molar-refractivity contribution in [3.05, 3.63) is 30.9 Å². The first-order valence-corrected chi connectivity index (χ1v) is 5.80. The third-order valence-electron chi connectivity index (χ3n) is 2.41. The number of hydrogen-bond acceptors (Lipinski definition) is 4. The molecule has 6 heteroatoms. The van der Waals surface area contributed by atoms with Crippen molar-refractivity contribution >= 4 is 17.5 Å². The van der Waals surface area contributed by atoms with Crippen LogP contribution < -0.4 is 20.1 Å². The van der Waals surface area contributed by atoms with E-state index in [0.29, 0.717) is 30.4 Å². The van der Waals surface area contributed by atoms with E-state index < -0.39 is 11.8 Å². The molecule has 1 aromatic rings. The van der Waals surface area contributed by atoms with Crippen LogP contribution in [0.25, 0.3) is 0 Å². The first-order valence-electron chi connectivity index (χ1n) is 5.80. The molecular weight excluding hydrogens is 248 g/mol. The highest BCUT2D eigenvalue weighted by atomic mass is 16.6. The van der Waals surface area contributed by atoms with Crippen molar-refractivity contribution in [2.45, 2.75) is 0 Å². The SMILES string of the molecule is C=CCNC(=O)C(=O)Nc1ccc2c(c1)OCCO2. The second-order valence-corrected chi connectivity index (χ2v) is 3.81. The van der Waals surface area contributed by atoms with Gasteiger partial charge in [0.05, 0.1) is 0 Å². The molecule has 2 amide bonds. The quantitative estimate of drug-likeness (QED) is 0.621. The molecule has 0 aromatic heterocycles. The lowest BCUT2D eigenvalue weighted by Crippen LogP contribution is -2.35. The number of fused-ring (bicyclic) bond motifs is 1. The molecule has 0 unspecified atom stereocenters. The number of carbonyl (C=O) groups is 2. The highest BCUT2D eigenvalue weighted by Crippen LogP contribution is 2.32. The molecule has 0 radical (unpaired) electrons. The van der Waals surface area contributed by atoms with Crippen molar-refractivity contribution in [3.63, 3.8) is 0 Å². The van der Waals surface area contributed by atoms with Gasteiger partial charge in [-0.15, -0.1) is 6.58 Å². The van der Waals surface area contributed by atoms with Crippen molar-refractivity contribution in [2.75, 3.05) is 25.1 Å². The molecule has 100 valence electrons. The van der Waals surface area contributed by atoms with Gasteiger partial charge in [0, 0.05) is 18.3 Å². The molecule has 2 N–H and O–H groups in total. The molecule has 2 rings (SSSR count). The van der Waals surface area contributed by atoms with Gasteiger partial charge < -0.3 is 20.1 Å². The Bertz CT molecular complexity index is 513. The molecular formula is C13H14N2O4. The maximum atomic E-state index is 11.6. The molecule has 19 heavy (non-hydrogen) atoms. The predicted octanol–water partition coefficient (Wildman–Crippen LogP) is 0.698. The summed E-state index contributed by atoms with van der Waals surface area (Å²) in [6.07, 6.45) is 1.50. The van der Waals surface area contributed by atoms with E-state index in [2.05, 4.69) is 17.2 Å². The molecule has 1 heterocycles. The molecule has 1 aliphatic heterocycles. The standard InChI is InChI=1S/C13H14N2O4/c1-2-5-14-12(16)13(17)15-9-3-4-10-11(8-9)19-7-6-18-10/h2-4,8H,1,5-7H2,(H,14,16)(H,15,17). The normalized spacial score (nSPS) is 12.4. The number of rotatable bonds is 3. The number of benzene rings is 1. The van der Waals surface area contributed by atoms with E-state index in [-0.39, 0.29) is 6.54 Å². The van der Waals surface area contributed by atoms with Crippen molar-refractivity contribution < 1.29 is 19.1 Å². The minimum Gasteiger partial charge on any atom is -0.486 e. The van der Waals surface area contributed by atoms with Crippen LogP contribution in [0, 0.1) is 0 Å². The smallest absolute Gasteiger partial charge is 0.313 e. The van der Waals surface area contributed by atoms with Crippen molar-refractivity contribution in [3.8, 4) is 11.5 Å². The van der Waals surface area contributed by atoms with Crippen LogP contribution in [0.5, 0.6) is 11.5 Å². The molecule has 0 fully saturated rings. The van der Waals surface area contributed by atoms with Crippen LogP contribution in [0.1, 0.15) is 0 Å². The van der Waals surface area contributed by atoms with Gasteiger partial charge in [0.15, 0.2) is 11.5 Å². The zero-order valence-corrected chi connectivity index (χ0v) is 10.3. The van der Waals surface area contributed by atoms with Crippen LogP contribution in [-0.2, 0) is 9.59 Å². The summed E-state index contributed by atoms with van der Waals surface area (Å²) >= 11 is 0. The summed E-state index contributed by atoms with van der Waals surface area (Å²) in [5.74, 6) is -0.274. The third-order valence-corrected chi connectivity index (χ3v) is 2.41. The zero-order valence-electron chi connectivity index (χ0n) is 10.3. The lowest BCUT2D eigenvalue weighted by atomic mass is 10.2. The Hall–Kier alpha value is -2.50. The Balaban J connectivity index is 2.01. The minimum absolute atomic E-state index is 0.243. The predicted molar refractivity (Wildman–Crippen MR) is 69.3 cm³/mol. The Morgan fingerprint density at radius 1 is 1.21 bits per heavy atom. The zero-order chi connectivity index (χ0) is 13.7. The van der Waals surface area contributed by atoms with Gasteiger partial charge in [-0.3, -0.25) is 9.59 Å². The van der Waals surface area contributed by atoms with Crippen LogP contribution in [0.2, 0.25) is 0 Å². The first kappa shape index (κ1) is 12.9. The average Bonchev–Trinajstić information content (AvgIpc) is 2.44. The van der Waals surface area contributed by atoms with Gasteiger partial charge in [-0.25, -0.2) is 0 Å². The maximum absolute atomic E-state index is 11.6. The fourth-order valence-electron chi connectivity index (χ4n) is 1.55. The van der Waals surface area contributed by atoms with E-state index >= 15 is 0 Å². The highest BCUT2D eigenvalue weighted by molar-refractivity contribution is 6.39. The molecule has 0 spiro atoms. The molecule has 0 bridgehead atoms. The van der Waals surface area contributed by atoms with E-state index in [4.69, 9.17) is 9.47 Å². The van der Waals surface area contributed by atoms with E-state index in [1.165, 1.54) is 6.08 Å². The van der Waals surface area contributed by atoms with Crippen LogP contribution in [0.15, 0.2) is 30.9 Å². The summed E-state index contributed by atoms with van der Waals surface area (Å²) in [7, 11) is 0. The molecule has 1 aromatic carbocycles. The number of carbonyl (C=O) groups excluding carboxylic acids is 2. The third kappa shape index (κ3) is 3.25. The Morgan fingerprint density at radius 3 is 2.68 bits per heavy atom. The van der Waals surface area contributed by atoms with Crippen molar-refractivity contribution in [2.24, 2.45) is 0 Å². The summed E-state index contributed by atoms with van der Waals surface area (Å²) < 4.78 is 10.7. The van der Waals surface area contributed by atoms with Crippen LogP contribution >= 0.6 is 0 Å². The second kappa shape index (κ2) is 5.90. The summed E-state index contributed by atoms with van der Waals surface area (Å²) in [6.45, 7) is 4.66. The summed E-state index contributed by atoms with van der Waals surface area (Å²) in [6, 6.07) is 4.95. The van der Waals surface area contributed by atoms with Gasteiger partial charge in [-0.05, 0) is 12.1 Å². The van der Waals surface area contributed by atoms with Gasteiger partial charge >= 0.3 is 11.8 Å². The molecule has 0 atom stereocenters. The molecule has 0 saturated heterocycles. The lowest BCUT2D eigenvalue weighted by Gasteiger charge is -2.18. The lowest BCUT2D eigenvalue weighted by molar-refractivity contribution is -0.136. The van der Waals surface area contributed by atoms with Gasteiger partial charge in [0.1, 0.15) is 13.2 Å². The van der Waals surface area contributed by atoms with Gasteiger partial charge in [-0.2, -0.15) is 0 Å². The molecule has 6 nitrogen and oxygen atoms in total. The van der Waals surface area contributed by atoms with Gasteiger partial charge in [0.2, 0.25) is 0 Å². The maximum Gasteiger partial charge on any atom is 0.313 e. The fourth-order valence-corrected chi connectivity index (χ4v) is 1.55. The van der Waals surface area contributed by atoms with E-state index in [1.807, 2.05) is 0 Å². The molecule has 1 aliphatic rings. The topological polar surface area (TPSA) is 76.7 Å². The minimum atomic E-state index is -0.737. The van der Waals surface area contributed by atoms with Crippen LogP contribution in [0.3, 0.4) is 0 Å². The fraction of sp³-hybridized carbons (Fsp3) is 0.231. The highest BCUT2D eigenvalue weighted by Gasteiger charge is 2.15.